The van der Waals surface area contributed by atoms with Gasteiger partial charge in [-0.25, -0.2) is 8.42 Å². The molecule has 7 nitrogen and oxygen atoms in total. The normalized spacial score (nSPS) is 29.2. The minimum Gasteiger partial charge on any atom is -0.378 e. The Morgan fingerprint density at radius 1 is 1.42 bits per heavy atom. The number of benzene rings is 1. The molecule has 1 aromatic carbocycles. The molecular formula is C18H27N3O4S. The third kappa shape index (κ3) is 3.00. The van der Waals surface area contributed by atoms with Crippen molar-refractivity contribution in [2.24, 2.45) is 11.1 Å². The SMILES string of the molecule is CCOC1CC(N)(C(=O)Nc2cccc(N3CCCS3(=O)=O)c2)C1(C)C. The first-order valence-corrected chi connectivity index (χ1v) is 10.5. The van der Waals surface area contributed by atoms with Crippen LogP contribution in [0.1, 0.15) is 33.6 Å². The van der Waals surface area contributed by atoms with Gasteiger partial charge in [0.05, 0.1) is 17.5 Å². The van der Waals surface area contributed by atoms with Crippen LogP contribution in [0, 0.1) is 5.41 Å². The second-order valence-corrected chi connectivity index (χ2v) is 9.60. The zero-order valence-corrected chi connectivity index (χ0v) is 16.3. The highest BCUT2D eigenvalue weighted by Gasteiger charge is 2.62. The molecule has 0 spiro atoms. The van der Waals surface area contributed by atoms with Gasteiger partial charge in [-0.15, -0.1) is 0 Å². The summed E-state index contributed by atoms with van der Waals surface area (Å²) in [5, 5.41) is 2.85. The molecule has 2 aliphatic rings. The van der Waals surface area contributed by atoms with Gasteiger partial charge in [-0.3, -0.25) is 9.10 Å². The highest BCUT2D eigenvalue weighted by molar-refractivity contribution is 7.93. The van der Waals surface area contributed by atoms with E-state index in [2.05, 4.69) is 5.32 Å². The van der Waals surface area contributed by atoms with Gasteiger partial charge in [0.2, 0.25) is 15.9 Å². The lowest BCUT2D eigenvalue weighted by Crippen LogP contribution is -2.74. The molecule has 2 atom stereocenters. The summed E-state index contributed by atoms with van der Waals surface area (Å²) in [7, 11) is -3.26. The van der Waals surface area contributed by atoms with Crippen LogP contribution in [0.3, 0.4) is 0 Å². The van der Waals surface area contributed by atoms with E-state index in [4.69, 9.17) is 10.5 Å². The number of nitrogens with zero attached hydrogens (tertiary/aromatic N) is 1. The van der Waals surface area contributed by atoms with E-state index < -0.39 is 21.0 Å². The predicted octanol–water partition coefficient (Wildman–Crippen LogP) is 1.70. The van der Waals surface area contributed by atoms with Crippen LogP contribution in [-0.4, -0.2) is 44.9 Å². The first-order valence-electron chi connectivity index (χ1n) is 8.94. The number of nitrogens with two attached hydrogens (primary N) is 1. The van der Waals surface area contributed by atoms with Gasteiger partial charge in [0.1, 0.15) is 5.54 Å². The number of sulfonamides is 1. The molecule has 0 radical (unpaired) electrons. The third-order valence-corrected chi connectivity index (χ3v) is 7.60. The van der Waals surface area contributed by atoms with Crippen LogP contribution >= 0.6 is 0 Å². The second kappa shape index (κ2) is 6.51. The Hall–Kier alpha value is -1.64. The number of carbonyl (C=O) groups excluding carboxylic acids is 1. The molecule has 8 heteroatoms. The molecule has 2 fully saturated rings. The number of hydrogen-bond acceptors (Lipinski definition) is 5. The molecule has 1 aliphatic carbocycles. The van der Waals surface area contributed by atoms with Crippen LogP contribution in [0.4, 0.5) is 11.4 Å². The molecule has 3 rings (SSSR count). The fourth-order valence-corrected chi connectivity index (χ4v) is 5.29. The fraction of sp³-hybridized carbons (Fsp3) is 0.611. The van der Waals surface area contributed by atoms with Gasteiger partial charge in [-0.1, -0.05) is 19.9 Å². The van der Waals surface area contributed by atoms with E-state index in [1.807, 2.05) is 20.8 Å². The molecule has 144 valence electrons. The van der Waals surface area contributed by atoms with Crippen molar-refractivity contribution in [3.8, 4) is 0 Å². The van der Waals surface area contributed by atoms with Gasteiger partial charge in [0.25, 0.3) is 0 Å². The number of rotatable bonds is 5. The molecular weight excluding hydrogens is 354 g/mol. The Labute approximate surface area is 154 Å². The summed E-state index contributed by atoms with van der Waals surface area (Å²) >= 11 is 0. The molecule has 0 aromatic heterocycles. The number of amides is 1. The number of anilines is 2. The maximum atomic E-state index is 12.8. The molecule has 26 heavy (non-hydrogen) atoms. The zero-order chi connectivity index (χ0) is 19.2. The monoisotopic (exact) mass is 381 g/mol. The predicted molar refractivity (Wildman–Crippen MR) is 102 cm³/mol. The van der Waals surface area contributed by atoms with Crippen LogP contribution in [0.25, 0.3) is 0 Å². The molecule has 1 aliphatic heterocycles. The summed E-state index contributed by atoms with van der Waals surface area (Å²) in [6.07, 6.45) is 1.02. The highest BCUT2D eigenvalue weighted by atomic mass is 32.2. The second-order valence-electron chi connectivity index (χ2n) is 7.59. The summed E-state index contributed by atoms with van der Waals surface area (Å²) in [6, 6.07) is 6.88. The number of nitrogens with one attached hydrogen (secondary N) is 1. The van der Waals surface area contributed by atoms with E-state index in [-0.39, 0.29) is 17.8 Å². The van der Waals surface area contributed by atoms with Crippen LogP contribution in [0.5, 0.6) is 0 Å². The number of hydrogen-bond donors (Lipinski definition) is 2. The Balaban J connectivity index is 1.76. The largest absolute Gasteiger partial charge is 0.378 e. The third-order valence-electron chi connectivity index (χ3n) is 5.73. The zero-order valence-electron chi connectivity index (χ0n) is 15.5. The van der Waals surface area contributed by atoms with Crippen LogP contribution in [-0.2, 0) is 19.6 Å². The van der Waals surface area contributed by atoms with Crippen molar-refractivity contribution < 1.29 is 17.9 Å². The Kier molecular flexibility index (Phi) is 4.79. The minimum absolute atomic E-state index is 0.0515. The molecule has 2 unspecified atom stereocenters. The van der Waals surface area contributed by atoms with Gasteiger partial charge in [0, 0.05) is 30.7 Å². The van der Waals surface area contributed by atoms with Gasteiger partial charge in [0.15, 0.2) is 0 Å². The Morgan fingerprint density at radius 2 is 2.15 bits per heavy atom. The molecule has 1 saturated heterocycles. The number of carbonyl (C=O) groups is 1. The van der Waals surface area contributed by atoms with Crippen molar-refractivity contribution >= 4 is 27.3 Å². The van der Waals surface area contributed by atoms with Crippen molar-refractivity contribution in [1.29, 1.82) is 0 Å². The minimum atomic E-state index is -3.26. The average molecular weight is 381 g/mol. The van der Waals surface area contributed by atoms with Crippen LogP contribution in [0.15, 0.2) is 24.3 Å². The quantitative estimate of drug-likeness (QED) is 0.808. The molecule has 1 saturated carbocycles. The van der Waals surface area contributed by atoms with Crippen molar-refractivity contribution in [2.45, 2.75) is 45.3 Å². The lowest BCUT2D eigenvalue weighted by molar-refractivity contribution is -0.166. The lowest BCUT2D eigenvalue weighted by atomic mass is 9.54. The maximum absolute atomic E-state index is 12.8. The lowest BCUT2D eigenvalue weighted by Gasteiger charge is -2.57. The van der Waals surface area contributed by atoms with E-state index in [1.54, 1.807) is 24.3 Å². The fourth-order valence-electron chi connectivity index (χ4n) is 3.73. The standard InChI is InChI=1S/C18H27N3O4S/c1-4-25-15-12-18(19,17(15,2)3)16(22)20-13-7-5-8-14(11-13)21-9-6-10-26(21,23)24/h5,7-8,11,15H,4,6,9-10,12,19H2,1-3H3,(H,20,22). The van der Waals surface area contributed by atoms with Gasteiger partial charge in [-0.05, 0) is 31.5 Å². The van der Waals surface area contributed by atoms with E-state index in [0.29, 0.717) is 37.4 Å². The topological polar surface area (TPSA) is 102 Å². The van der Waals surface area contributed by atoms with E-state index in [9.17, 15) is 13.2 Å². The molecule has 1 amide bonds. The van der Waals surface area contributed by atoms with Crippen LogP contribution < -0.4 is 15.4 Å². The summed E-state index contributed by atoms with van der Waals surface area (Å²) in [6.45, 7) is 6.83. The van der Waals surface area contributed by atoms with E-state index >= 15 is 0 Å². The van der Waals surface area contributed by atoms with Gasteiger partial charge >= 0.3 is 0 Å². The van der Waals surface area contributed by atoms with E-state index in [0.717, 1.165) is 0 Å². The summed E-state index contributed by atoms with van der Waals surface area (Å²) in [5.74, 6) is -0.123. The van der Waals surface area contributed by atoms with Crippen molar-refractivity contribution in [2.75, 3.05) is 28.5 Å². The average Bonchev–Trinajstić information content (AvgIpc) is 2.94. The first-order chi connectivity index (χ1) is 12.1. The molecule has 1 heterocycles. The smallest absolute Gasteiger partial charge is 0.245 e. The van der Waals surface area contributed by atoms with Gasteiger partial charge in [-0.2, -0.15) is 0 Å². The Morgan fingerprint density at radius 3 is 2.73 bits per heavy atom. The molecule has 1 aromatic rings. The summed E-state index contributed by atoms with van der Waals surface area (Å²) in [5.41, 5.74) is 5.99. The number of ether oxygens (including phenoxy) is 1. The van der Waals surface area contributed by atoms with Crippen LogP contribution in [0.2, 0.25) is 0 Å². The maximum Gasteiger partial charge on any atom is 0.245 e. The van der Waals surface area contributed by atoms with Crippen molar-refractivity contribution in [3.05, 3.63) is 24.3 Å². The summed E-state index contributed by atoms with van der Waals surface area (Å²) in [4.78, 5) is 12.8. The van der Waals surface area contributed by atoms with Gasteiger partial charge < -0.3 is 15.8 Å². The molecule has 0 bridgehead atoms. The van der Waals surface area contributed by atoms with Crippen molar-refractivity contribution in [1.82, 2.24) is 0 Å². The van der Waals surface area contributed by atoms with Crippen molar-refractivity contribution in [3.63, 3.8) is 0 Å². The summed E-state index contributed by atoms with van der Waals surface area (Å²) < 4.78 is 31.2. The molecule has 3 N–H and O–H groups in total. The highest BCUT2D eigenvalue weighted by Crippen LogP contribution is 2.50. The Bertz CT molecular complexity index is 808. The first kappa shape index (κ1) is 19.1. The van der Waals surface area contributed by atoms with E-state index in [1.165, 1.54) is 4.31 Å².